The van der Waals surface area contributed by atoms with Gasteiger partial charge < -0.3 is 20.1 Å². The van der Waals surface area contributed by atoms with Crippen molar-refractivity contribution >= 4 is 29.9 Å². The first-order valence-electron chi connectivity index (χ1n) is 8.84. The van der Waals surface area contributed by atoms with Gasteiger partial charge in [-0.1, -0.05) is 12.1 Å². The minimum atomic E-state index is 0. The van der Waals surface area contributed by atoms with Gasteiger partial charge in [0, 0.05) is 32.5 Å². The van der Waals surface area contributed by atoms with E-state index < -0.39 is 0 Å². The number of hydrogen-bond donors (Lipinski definition) is 2. The molecule has 1 heterocycles. The average molecular weight is 487 g/mol. The normalized spacial score (nSPS) is 11.0. The molecule has 0 atom stereocenters. The van der Waals surface area contributed by atoms with E-state index in [1.165, 1.54) is 0 Å². The van der Waals surface area contributed by atoms with Gasteiger partial charge in [0.05, 0.1) is 25.4 Å². The molecule has 0 aliphatic carbocycles. The van der Waals surface area contributed by atoms with E-state index in [0.29, 0.717) is 26.3 Å². The van der Waals surface area contributed by atoms with E-state index in [-0.39, 0.29) is 24.0 Å². The number of nitrogens with one attached hydrogen (secondary N) is 2. The summed E-state index contributed by atoms with van der Waals surface area (Å²) >= 11 is 0. The Morgan fingerprint density at radius 1 is 1.22 bits per heavy atom. The van der Waals surface area contributed by atoms with Crippen molar-refractivity contribution in [2.24, 2.45) is 12.0 Å². The van der Waals surface area contributed by atoms with Crippen molar-refractivity contribution in [3.8, 4) is 5.75 Å². The van der Waals surface area contributed by atoms with Crippen molar-refractivity contribution in [3.63, 3.8) is 0 Å². The van der Waals surface area contributed by atoms with Gasteiger partial charge >= 0.3 is 0 Å². The minimum Gasteiger partial charge on any atom is -0.491 e. The molecule has 0 unspecified atom stereocenters. The van der Waals surface area contributed by atoms with Gasteiger partial charge in [-0.05, 0) is 31.5 Å². The Hall–Kier alpha value is -1.81. The van der Waals surface area contributed by atoms with Crippen molar-refractivity contribution in [2.75, 3.05) is 26.9 Å². The van der Waals surface area contributed by atoms with Gasteiger partial charge in [0.1, 0.15) is 12.4 Å². The van der Waals surface area contributed by atoms with Gasteiger partial charge in [0.2, 0.25) is 0 Å². The van der Waals surface area contributed by atoms with E-state index in [2.05, 4.69) is 39.8 Å². The number of nitrogens with zero attached hydrogens (tertiary/aromatic N) is 3. The highest BCUT2D eigenvalue weighted by Crippen LogP contribution is 2.21. The molecule has 0 saturated heterocycles. The van der Waals surface area contributed by atoms with Crippen molar-refractivity contribution in [1.29, 1.82) is 0 Å². The van der Waals surface area contributed by atoms with Crippen LogP contribution in [-0.4, -0.2) is 42.6 Å². The average Bonchev–Trinajstić information content (AvgIpc) is 3.04. The summed E-state index contributed by atoms with van der Waals surface area (Å²) in [4.78, 5) is 4.68. The summed E-state index contributed by atoms with van der Waals surface area (Å²) in [5, 5.41) is 10.8. The minimum absolute atomic E-state index is 0. The smallest absolute Gasteiger partial charge is 0.191 e. The first kappa shape index (κ1) is 23.2. The molecule has 0 aliphatic rings. The highest BCUT2D eigenvalue weighted by Gasteiger charge is 2.06. The second kappa shape index (κ2) is 12.6. The molecule has 0 bridgehead atoms. The zero-order valence-electron chi connectivity index (χ0n) is 16.5. The van der Waals surface area contributed by atoms with Crippen LogP contribution in [0.25, 0.3) is 0 Å². The molecule has 0 fully saturated rings. The maximum Gasteiger partial charge on any atom is 0.191 e. The zero-order chi connectivity index (χ0) is 18.8. The summed E-state index contributed by atoms with van der Waals surface area (Å²) in [6.07, 6.45) is 1.79. The van der Waals surface area contributed by atoms with Gasteiger partial charge in [-0.3, -0.25) is 4.68 Å². The van der Waals surface area contributed by atoms with E-state index in [1.807, 2.05) is 30.8 Å². The summed E-state index contributed by atoms with van der Waals surface area (Å²) in [5.74, 6) is 1.62. The topological polar surface area (TPSA) is 72.7 Å². The lowest BCUT2D eigenvalue weighted by molar-refractivity contribution is 0.145. The number of guanidine groups is 1. The van der Waals surface area contributed by atoms with Crippen LogP contribution >= 0.6 is 24.0 Å². The fourth-order valence-corrected chi connectivity index (χ4v) is 2.42. The molecule has 0 spiro atoms. The van der Waals surface area contributed by atoms with Gasteiger partial charge in [-0.2, -0.15) is 5.10 Å². The second-order valence-corrected chi connectivity index (χ2v) is 5.95. The molecule has 0 saturated carbocycles. The number of aryl methyl sites for hydroxylation is 2. The third kappa shape index (κ3) is 7.76. The van der Waals surface area contributed by atoms with Crippen LogP contribution in [0.5, 0.6) is 5.75 Å². The van der Waals surface area contributed by atoms with Crippen LogP contribution in [0, 0.1) is 6.92 Å². The van der Waals surface area contributed by atoms with Crippen LogP contribution < -0.4 is 15.4 Å². The summed E-state index contributed by atoms with van der Waals surface area (Å²) in [6.45, 7) is 7.17. The van der Waals surface area contributed by atoms with E-state index in [9.17, 15) is 0 Å². The fraction of sp³-hybridized carbons (Fsp3) is 0.474. The predicted octanol–water partition coefficient (Wildman–Crippen LogP) is 2.63. The monoisotopic (exact) mass is 487 g/mol. The standard InChI is InChI=1S/C19H29N5O2.HI/c1-5-20-19(22-14-17-8-9-23-24(17)3)21-13-16-7-6-15(2)12-18(16)26-11-10-25-4;/h6-9,12H,5,10-11,13-14H2,1-4H3,(H2,20,21,22);1H. The Balaban J connectivity index is 0.00000364. The molecule has 8 heteroatoms. The molecular formula is C19H30IN5O2. The Bertz CT molecular complexity index is 718. The van der Waals surface area contributed by atoms with Gasteiger partial charge in [0.25, 0.3) is 0 Å². The van der Waals surface area contributed by atoms with Crippen LogP contribution in [0.3, 0.4) is 0 Å². The molecule has 0 aliphatic heterocycles. The number of benzene rings is 1. The first-order chi connectivity index (χ1) is 12.6. The van der Waals surface area contributed by atoms with Crippen LogP contribution in [0.1, 0.15) is 23.7 Å². The molecule has 1 aromatic carbocycles. The van der Waals surface area contributed by atoms with Crippen molar-refractivity contribution < 1.29 is 9.47 Å². The van der Waals surface area contributed by atoms with Crippen molar-refractivity contribution in [3.05, 3.63) is 47.3 Å². The molecular weight excluding hydrogens is 457 g/mol. The largest absolute Gasteiger partial charge is 0.491 e. The Kier molecular flexibility index (Phi) is 10.8. The molecule has 2 N–H and O–H groups in total. The number of halogens is 1. The Morgan fingerprint density at radius 3 is 2.70 bits per heavy atom. The highest BCUT2D eigenvalue weighted by molar-refractivity contribution is 14.0. The molecule has 2 aromatic rings. The van der Waals surface area contributed by atoms with Crippen LogP contribution in [0.4, 0.5) is 0 Å². The van der Waals surface area contributed by atoms with Gasteiger partial charge in [-0.25, -0.2) is 4.99 Å². The Morgan fingerprint density at radius 2 is 2.04 bits per heavy atom. The predicted molar refractivity (Wildman–Crippen MR) is 119 cm³/mol. The third-order valence-electron chi connectivity index (χ3n) is 3.88. The van der Waals surface area contributed by atoms with Gasteiger partial charge in [-0.15, -0.1) is 24.0 Å². The van der Waals surface area contributed by atoms with Crippen molar-refractivity contribution in [2.45, 2.75) is 26.9 Å². The maximum absolute atomic E-state index is 5.84. The van der Waals surface area contributed by atoms with E-state index in [4.69, 9.17) is 9.47 Å². The number of hydrogen-bond acceptors (Lipinski definition) is 4. The second-order valence-electron chi connectivity index (χ2n) is 5.95. The molecule has 27 heavy (non-hydrogen) atoms. The van der Waals surface area contributed by atoms with E-state index in [1.54, 1.807) is 13.3 Å². The van der Waals surface area contributed by atoms with E-state index >= 15 is 0 Å². The third-order valence-corrected chi connectivity index (χ3v) is 3.88. The molecule has 150 valence electrons. The number of rotatable bonds is 9. The van der Waals surface area contributed by atoms with Gasteiger partial charge in [0.15, 0.2) is 5.96 Å². The van der Waals surface area contributed by atoms with E-state index in [0.717, 1.165) is 35.1 Å². The van der Waals surface area contributed by atoms with Crippen LogP contribution in [0.2, 0.25) is 0 Å². The lowest BCUT2D eigenvalue weighted by Gasteiger charge is -2.13. The summed E-state index contributed by atoms with van der Waals surface area (Å²) in [6, 6.07) is 8.16. The fourth-order valence-electron chi connectivity index (χ4n) is 2.42. The van der Waals surface area contributed by atoms with Crippen LogP contribution in [0.15, 0.2) is 35.5 Å². The zero-order valence-corrected chi connectivity index (χ0v) is 18.8. The lowest BCUT2D eigenvalue weighted by Crippen LogP contribution is -2.37. The number of methoxy groups -OCH3 is 1. The first-order valence-corrected chi connectivity index (χ1v) is 8.84. The molecule has 7 nitrogen and oxygen atoms in total. The number of aliphatic imine (C=N–C) groups is 1. The highest BCUT2D eigenvalue weighted by atomic mass is 127. The SMILES string of the molecule is CCNC(=NCc1ccc(C)cc1OCCOC)NCc1ccnn1C.I. The summed E-state index contributed by atoms with van der Waals surface area (Å²) in [7, 11) is 3.60. The number of ether oxygens (including phenoxy) is 2. The summed E-state index contributed by atoms with van der Waals surface area (Å²) < 4.78 is 12.7. The Labute approximate surface area is 178 Å². The molecule has 1 aromatic heterocycles. The molecule has 2 rings (SSSR count). The quantitative estimate of drug-likeness (QED) is 0.246. The van der Waals surface area contributed by atoms with Crippen molar-refractivity contribution in [1.82, 2.24) is 20.4 Å². The van der Waals surface area contributed by atoms with Crippen LogP contribution in [-0.2, 0) is 24.9 Å². The maximum atomic E-state index is 5.84. The molecule has 0 radical (unpaired) electrons. The lowest BCUT2D eigenvalue weighted by atomic mass is 10.1. The molecule has 0 amide bonds. The number of aromatic nitrogens is 2. The summed E-state index contributed by atoms with van der Waals surface area (Å²) in [5.41, 5.74) is 3.30.